The zero-order chi connectivity index (χ0) is 75.1. The Morgan fingerprint density at radius 1 is 0.416 bits per heavy atom. The van der Waals surface area contributed by atoms with Crippen molar-refractivity contribution in [2.45, 2.75) is 225 Å². The molecule has 0 saturated heterocycles. The summed E-state index contributed by atoms with van der Waals surface area (Å²) in [5, 5.41) is 48.9. The molecule has 0 radical (unpaired) electrons. The summed E-state index contributed by atoms with van der Waals surface area (Å²) in [6.07, 6.45) is 9.11. The number of carboxylic acids is 4. The fourth-order valence-corrected chi connectivity index (χ4v) is 18.6. The fraction of sp³-hybridized carbons (Fsp3) is 0.450. The lowest BCUT2D eigenvalue weighted by Crippen LogP contribution is -2.32. The molecule has 101 heavy (non-hydrogen) atoms. The van der Waals surface area contributed by atoms with Gasteiger partial charge in [-0.25, -0.2) is 43.9 Å². The SMILES string of the molecule is C=C(c1ccc(C(=O)O)cc1)c1nc2c(s1)C(C)(C)CCC2(C)C.CC1(C)CCC(C)(C)c2sc(Br)nc21.CC1(C)CCC(C)(C)c2sc(C(=O)c3ccc(C(=O)O)cc3)nc21.CC1(C)CCC(C)(C)c2sc(C(C)(O)c3ccc(C(=O)O)cc3)nc21.CCOC(=O)c1ccc(C(=O)O)cc1. The average molecular weight is 1510 g/mol. The van der Waals surface area contributed by atoms with E-state index >= 15 is 0 Å². The topological polar surface area (TPSA) is 264 Å². The van der Waals surface area contributed by atoms with Gasteiger partial charge in [0.05, 0.1) is 57.2 Å². The third kappa shape index (κ3) is 17.6. The molecule has 21 heteroatoms. The number of carboxylic acid groups (broad SMARTS) is 4. The first kappa shape index (κ1) is 79.3. The lowest BCUT2D eigenvalue weighted by Gasteiger charge is -2.37. The highest BCUT2D eigenvalue weighted by Gasteiger charge is 2.46. The average Bonchev–Trinajstić information content (AvgIpc) is 1.68. The Hall–Kier alpha value is -7.40. The molecule has 0 fully saturated rings. The third-order valence-corrected chi connectivity index (χ3v) is 26.5. The number of aliphatic hydroxyl groups is 1. The van der Waals surface area contributed by atoms with Crippen molar-refractivity contribution in [2.24, 2.45) is 0 Å². The molecular weight excluding hydrogens is 1420 g/mol. The molecule has 538 valence electrons. The molecule has 0 spiro atoms. The van der Waals surface area contributed by atoms with E-state index in [1.54, 1.807) is 84.3 Å². The van der Waals surface area contributed by atoms with Crippen molar-refractivity contribution in [3.05, 3.63) is 209 Å². The minimum Gasteiger partial charge on any atom is -0.478 e. The quantitative estimate of drug-likeness (QED) is 0.0562. The Morgan fingerprint density at radius 3 is 1.05 bits per heavy atom. The van der Waals surface area contributed by atoms with E-state index in [1.165, 1.54) is 104 Å². The second-order valence-electron chi connectivity index (χ2n) is 31.9. The van der Waals surface area contributed by atoms with Crippen molar-refractivity contribution in [1.82, 2.24) is 19.9 Å². The molecule has 0 amide bonds. The highest BCUT2D eigenvalue weighted by atomic mass is 79.9. The molecule has 16 nitrogen and oxygen atoms in total. The molecule has 12 rings (SSSR count). The van der Waals surface area contributed by atoms with Crippen LogP contribution in [0.4, 0.5) is 0 Å². The van der Waals surface area contributed by atoms with Gasteiger partial charge in [-0.1, -0.05) is 154 Å². The van der Waals surface area contributed by atoms with E-state index in [1.807, 2.05) is 12.1 Å². The zero-order valence-electron chi connectivity index (χ0n) is 61.2. The molecule has 4 aliphatic rings. The summed E-state index contributed by atoms with van der Waals surface area (Å²) >= 11 is 10.1. The highest BCUT2D eigenvalue weighted by Crippen LogP contribution is 2.53. The van der Waals surface area contributed by atoms with Crippen LogP contribution >= 0.6 is 61.3 Å². The molecule has 0 bridgehead atoms. The van der Waals surface area contributed by atoms with Gasteiger partial charge in [-0.2, -0.15) is 0 Å². The lowest BCUT2D eigenvalue weighted by atomic mass is 9.69. The Labute approximate surface area is 618 Å². The number of fused-ring (bicyclic) bond motifs is 4. The molecule has 4 aliphatic carbocycles. The van der Waals surface area contributed by atoms with Crippen LogP contribution in [0.5, 0.6) is 0 Å². The van der Waals surface area contributed by atoms with Gasteiger partial charge in [0.2, 0.25) is 5.78 Å². The van der Waals surface area contributed by atoms with Gasteiger partial charge < -0.3 is 30.3 Å². The van der Waals surface area contributed by atoms with E-state index in [2.05, 4.69) is 143 Å². The Kier molecular flexibility index (Phi) is 23.4. The Bertz CT molecular complexity index is 4150. The van der Waals surface area contributed by atoms with Crippen molar-refractivity contribution >= 4 is 102 Å². The first-order chi connectivity index (χ1) is 46.7. The zero-order valence-corrected chi connectivity index (χ0v) is 66.1. The number of halogens is 1. The van der Waals surface area contributed by atoms with Crippen LogP contribution in [-0.4, -0.2) is 87.7 Å². The molecule has 1 unspecified atom stereocenters. The number of carbonyl (C=O) groups excluding carboxylic acids is 2. The number of esters is 1. The summed E-state index contributed by atoms with van der Waals surface area (Å²) < 4.78 is 5.77. The number of ketones is 1. The van der Waals surface area contributed by atoms with Gasteiger partial charge in [0.25, 0.3) is 0 Å². The molecule has 0 aliphatic heterocycles. The van der Waals surface area contributed by atoms with Crippen LogP contribution in [0.2, 0.25) is 0 Å². The van der Waals surface area contributed by atoms with Gasteiger partial charge >= 0.3 is 29.8 Å². The summed E-state index contributed by atoms with van der Waals surface area (Å²) in [4.78, 5) is 91.8. The van der Waals surface area contributed by atoms with Gasteiger partial charge in [-0.05, 0) is 153 Å². The number of hydrogen-bond donors (Lipinski definition) is 5. The van der Waals surface area contributed by atoms with E-state index in [-0.39, 0.29) is 65.9 Å². The van der Waals surface area contributed by atoms with E-state index in [0.29, 0.717) is 38.7 Å². The maximum absolute atomic E-state index is 12.8. The van der Waals surface area contributed by atoms with Crippen LogP contribution in [-0.2, 0) is 53.7 Å². The van der Waals surface area contributed by atoms with Crippen molar-refractivity contribution < 1.29 is 59.0 Å². The van der Waals surface area contributed by atoms with Crippen LogP contribution < -0.4 is 0 Å². The monoisotopic (exact) mass is 1510 g/mol. The van der Waals surface area contributed by atoms with Crippen LogP contribution in [0, 0.1) is 0 Å². The molecule has 4 aromatic carbocycles. The first-order valence-electron chi connectivity index (χ1n) is 33.9. The van der Waals surface area contributed by atoms with Gasteiger partial charge in [-0.15, -0.1) is 45.3 Å². The normalized spacial score (nSPS) is 18.2. The van der Waals surface area contributed by atoms with Gasteiger partial charge in [0, 0.05) is 74.0 Å². The van der Waals surface area contributed by atoms with Crippen LogP contribution in [0.15, 0.2) is 108 Å². The number of ether oxygens (including phenoxy) is 1. The van der Waals surface area contributed by atoms with Crippen LogP contribution in [0.1, 0.15) is 307 Å². The van der Waals surface area contributed by atoms with Crippen molar-refractivity contribution in [2.75, 3.05) is 6.61 Å². The summed E-state index contributed by atoms with van der Waals surface area (Å²) in [6, 6.07) is 24.9. The number of hydrogen-bond acceptors (Lipinski definition) is 16. The minimum atomic E-state index is -1.24. The second-order valence-corrected chi connectivity index (χ2v) is 37.2. The summed E-state index contributed by atoms with van der Waals surface area (Å²) in [6.45, 7) is 43.9. The summed E-state index contributed by atoms with van der Waals surface area (Å²) in [5.74, 6) is -4.48. The molecular formula is C80H95BrN4O12S4. The number of thiazole rings is 4. The second kappa shape index (κ2) is 29.8. The molecule has 4 aromatic heterocycles. The van der Waals surface area contributed by atoms with E-state index in [0.717, 1.165) is 70.0 Å². The molecule has 8 aromatic rings. The van der Waals surface area contributed by atoms with Gasteiger partial charge in [0.15, 0.2) is 8.92 Å². The van der Waals surface area contributed by atoms with Crippen LogP contribution in [0.3, 0.4) is 0 Å². The highest BCUT2D eigenvalue weighted by molar-refractivity contribution is 9.11. The fourth-order valence-electron chi connectivity index (χ4n) is 12.6. The number of nitrogens with zero attached hydrogens (tertiary/aromatic N) is 4. The van der Waals surface area contributed by atoms with E-state index < -0.39 is 35.4 Å². The number of aromatic nitrogens is 4. The smallest absolute Gasteiger partial charge is 0.338 e. The van der Waals surface area contributed by atoms with Crippen LogP contribution in [0.25, 0.3) is 5.57 Å². The minimum absolute atomic E-state index is 0.00283. The summed E-state index contributed by atoms with van der Waals surface area (Å²) in [5.41, 5.74) is 8.35. The van der Waals surface area contributed by atoms with Crippen molar-refractivity contribution in [3.8, 4) is 0 Å². The first-order valence-corrected chi connectivity index (χ1v) is 37.9. The maximum Gasteiger partial charge on any atom is 0.338 e. The standard InChI is InChI=1S/C20H25NO3S.C20H23NO2S.C19H21NO3S.C11H16BrNS.C10H10O4/c1-18(2)10-11-19(3,4)15-14(18)21-17(25-15)20(5,24)13-8-6-12(7-9-13)16(22)23;1-12(13-6-8-14(9-7-13)18(22)23)17-21-15-16(24-17)20(4,5)11-10-19(15,2)3;1-18(2)9-10-19(3,4)15-14(18)20-16(24-15)13(21)11-5-7-12(8-6-11)17(22)23;1-10(2)5-6-11(3,4)8-7(10)13-9(12)14-8;1-2-14-10(13)8-5-3-7(4-6-8)9(11)12/h6-9,24H,10-11H2,1-5H3,(H,22,23);6-9H,1,10-11H2,2-5H3,(H,22,23);5-8H,9-10H2,1-4H3,(H,22,23);5-6H2,1-4H3;3-6H,2H2,1H3,(H,11,12). The van der Waals surface area contributed by atoms with Gasteiger partial charge in [0.1, 0.15) is 15.6 Å². The van der Waals surface area contributed by atoms with E-state index in [9.17, 15) is 33.9 Å². The van der Waals surface area contributed by atoms with Gasteiger partial charge in [-0.3, -0.25) is 4.79 Å². The maximum atomic E-state index is 12.8. The molecule has 4 heterocycles. The summed E-state index contributed by atoms with van der Waals surface area (Å²) in [7, 11) is 0. The lowest BCUT2D eigenvalue weighted by molar-refractivity contribution is 0.0523. The predicted molar refractivity (Wildman–Crippen MR) is 407 cm³/mol. The number of rotatable bonds is 12. The predicted octanol–water partition coefficient (Wildman–Crippen LogP) is 19.9. The molecule has 5 N–H and O–H groups in total. The third-order valence-electron chi connectivity index (χ3n) is 20.1. The van der Waals surface area contributed by atoms with Crippen molar-refractivity contribution in [1.29, 1.82) is 0 Å². The largest absolute Gasteiger partial charge is 0.478 e. The Morgan fingerprint density at radius 2 is 0.703 bits per heavy atom. The Balaban J connectivity index is 0.000000164. The number of aromatic carboxylic acids is 4. The van der Waals surface area contributed by atoms with Crippen molar-refractivity contribution in [3.63, 3.8) is 0 Å². The number of carbonyl (C=O) groups is 6. The number of benzene rings is 4. The van der Waals surface area contributed by atoms with E-state index in [4.69, 9.17) is 35.1 Å². The molecule has 1 atom stereocenters. The molecule has 0 saturated carbocycles.